The van der Waals surface area contributed by atoms with Crippen LogP contribution in [0.2, 0.25) is 5.02 Å². The molecule has 1 atom stereocenters. The first-order valence-electron chi connectivity index (χ1n) is 7.74. The van der Waals surface area contributed by atoms with Gasteiger partial charge in [-0.15, -0.1) is 0 Å². The Morgan fingerprint density at radius 2 is 1.71 bits per heavy atom. The zero-order valence-corrected chi connectivity index (χ0v) is 14.1. The Bertz CT molecular complexity index is 421. The molecule has 0 spiro atoms. The molecule has 0 fully saturated rings. The van der Waals surface area contributed by atoms with Crippen LogP contribution in [0.3, 0.4) is 0 Å². The van der Waals surface area contributed by atoms with Crippen LogP contribution in [0.4, 0.5) is 0 Å². The number of benzene rings is 1. The number of aliphatic hydroxyl groups excluding tert-OH is 1. The number of aliphatic hydroxyl groups is 1. The van der Waals surface area contributed by atoms with Crippen LogP contribution in [0.25, 0.3) is 0 Å². The van der Waals surface area contributed by atoms with Crippen LogP contribution >= 0.6 is 11.6 Å². The van der Waals surface area contributed by atoms with Gasteiger partial charge in [-0.2, -0.15) is 0 Å². The highest BCUT2D eigenvalue weighted by Crippen LogP contribution is 2.40. The molecule has 1 aromatic carbocycles. The Balaban J connectivity index is 2.57. The van der Waals surface area contributed by atoms with Crippen molar-refractivity contribution in [3.05, 3.63) is 22.7 Å². The molecule has 0 aliphatic heterocycles. The largest absolute Gasteiger partial charge is 0.495 e. The summed E-state index contributed by atoms with van der Waals surface area (Å²) in [5, 5.41) is 10.8. The molecule has 0 aliphatic rings. The summed E-state index contributed by atoms with van der Waals surface area (Å²) in [7, 11) is 3.12. The third kappa shape index (κ3) is 5.40. The molecule has 0 bridgehead atoms. The summed E-state index contributed by atoms with van der Waals surface area (Å²) in [6.45, 7) is 2.21. The molecular weight excluding hydrogens is 288 g/mol. The normalized spacial score (nSPS) is 12.2. The van der Waals surface area contributed by atoms with Crippen LogP contribution in [-0.4, -0.2) is 19.3 Å². The molecule has 0 saturated carbocycles. The summed E-state index contributed by atoms with van der Waals surface area (Å²) >= 11 is 6.22. The van der Waals surface area contributed by atoms with E-state index in [9.17, 15) is 5.11 Å². The molecule has 0 radical (unpaired) electrons. The van der Waals surface area contributed by atoms with Crippen molar-refractivity contribution in [2.75, 3.05) is 14.2 Å². The van der Waals surface area contributed by atoms with Gasteiger partial charge in [-0.3, -0.25) is 0 Å². The van der Waals surface area contributed by atoms with E-state index in [1.165, 1.54) is 25.7 Å². The van der Waals surface area contributed by atoms with E-state index in [4.69, 9.17) is 21.1 Å². The van der Waals surface area contributed by atoms with Crippen LogP contribution in [0.15, 0.2) is 12.1 Å². The monoisotopic (exact) mass is 314 g/mol. The summed E-state index contributed by atoms with van der Waals surface area (Å²) in [6, 6.07) is 3.59. The average Bonchev–Trinajstić information content (AvgIpc) is 2.50. The first-order valence-corrected chi connectivity index (χ1v) is 8.11. The second-order valence-corrected chi connectivity index (χ2v) is 5.65. The number of ether oxygens (including phenoxy) is 2. The van der Waals surface area contributed by atoms with Crippen LogP contribution in [0, 0.1) is 0 Å². The van der Waals surface area contributed by atoms with Gasteiger partial charge in [0.15, 0.2) is 0 Å². The van der Waals surface area contributed by atoms with Crippen molar-refractivity contribution in [2.45, 2.75) is 58.0 Å². The van der Waals surface area contributed by atoms with Crippen LogP contribution in [-0.2, 0) is 0 Å². The lowest BCUT2D eigenvalue weighted by molar-refractivity contribution is 0.159. The first kappa shape index (κ1) is 18.1. The van der Waals surface area contributed by atoms with E-state index in [0.29, 0.717) is 16.5 Å². The molecule has 120 valence electrons. The van der Waals surface area contributed by atoms with Gasteiger partial charge in [-0.05, 0) is 18.6 Å². The van der Waals surface area contributed by atoms with Crippen LogP contribution in [0.1, 0.15) is 63.5 Å². The molecule has 0 aliphatic carbocycles. The third-order valence-electron chi connectivity index (χ3n) is 3.71. The third-order valence-corrected chi connectivity index (χ3v) is 4.06. The van der Waals surface area contributed by atoms with Crippen LogP contribution in [0.5, 0.6) is 11.5 Å². The summed E-state index contributed by atoms with van der Waals surface area (Å²) in [5.41, 5.74) is 0.733. The number of rotatable bonds is 10. The highest BCUT2D eigenvalue weighted by atomic mass is 35.5. The van der Waals surface area contributed by atoms with Crippen molar-refractivity contribution in [3.8, 4) is 11.5 Å². The second-order valence-electron chi connectivity index (χ2n) is 5.28. The first-order chi connectivity index (χ1) is 10.2. The minimum absolute atomic E-state index is 0.416. The Morgan fingerprint density at radius 3 is 2.33 bits per heavy atom. The lowest BCUT2D eigenvalue weighted by Crippen LogP contribution is -2.02. The molecule has 0 amide bonds. The van der Waals surface area contributed by atoms with Gasteiger partial charge in [0.1, 0.15) is 16.5 Å². The molecular formula is C17H27ClO3. The van der Waals surface area contributed by atoms with E-state index < -0.39 is 6.10 Å². The maximum absolute atomic E-state index is 10.3. The van der Waals surface area contributed by atoms with Gasteiger partial charge in [0.2, 0.25) is 0 Å². The molecule has 0 aromatic heterocycles. The number of methoxy groups -OCH3 is 2. The topological polar surface area (TPSA) is 38.7 Å². The van der Waals surface area contributed by atoms with E-state index in [1.807, 2.05) is 6.07 Å². The standard InChI is InChI=1S/C17H27ClO3/c1-4-5-6-7-8-9-10-14(19)13-11-12-15(20-2)16(18)17(13)21-3/h11-12,14,19H,4-10H2,1-3H3. The fraction of sp³-hybridized carbons (Fsp3) is 0.647. The molecule has 1 aromatic rings. The smallest absolute Gasteiger partial charge is 0.147 e. The fourth-order valence-electron chi connectivity index (χ4n) is 2.45. The predicted molar refractivity (Wildman–Crippen MR) is 87.5 cm³/mol. The van der Waals surface area contributed by atoms with Crippen molar-refractivity contribution in [1.29, 1.82) is 0 Å². The molecule has 3 nitrogen and oxygen atoms in total. The van der Waals surface area contributed by atoms with Gasteiger partial charge in [0.25, 0.3) is 0 Å². The maximum Gasteiger partial charge on any atom is 0.147 e. The maximum atomic E-state index is 10.3. The van der Waals surface area contributed by atoms with Gasteiger partial charge in [0.05, 0.1) is 20.3 Å². The summed E-state index contributed by atoms with van der Waals surface area (Å²) in [5.74, 6) is 1.07. The van der Waals surface area contributed by atoms with E-state index in [2.05, 4.69) is 6.92 Å². The van der Waals surface area contributed by atoms with E-state index in [0.717, 1.165) is 24.8 Å². The quantitative estimate of drug-likeness (QED) is 0.608. The molecule has 1 unspecified atom stereocenters. The van der Waals surface area contributed by atoms with E-state index >= 15 is 0 Å². The van der Waals surface area contributed by atoms with Gasteiger partial charge < -0.3 is 14.6 Å². The van der Waals surface area contributed by atoms with Crippen LogP contribution < -0.4 is 9.47 Å². The van der Waals surface area contributed by atoms with Crippen molar-refractivity contribution in [1.82, 2.24) is 0 Å². The van der Waals surface area contributed by atoms with Crippen molar-refractivity contribution in [2.24, 2.45) is 0 Å². The second kappa shape index (κ2) is 9.91. The Kier molecular flexibility index (Phi) is 8.55. The van der Waals surface area contributed by atoms with Gasteiger partial charge in [0, 0.05) is 5.56 Å². The Hall–Kier alpha value is -0.930. The minimum atomic E-state index is -0.547. The molecule has 21 heavy (non-hydrogen) atoms. The van der Waals surface area contributed by atoms with E-state index in [1.54, 1.807) is 20.3 Å². The van der Waals surface area contributed by atoms with Gasteiger partial charge >= 0.3 is 0 Å². The van der Waals surface area contributed by atoms with E-state index in [-0.39, 0.29) is 0 Å². The SMILES string of the molecule is CCCCCCCCC(O)c1ccc(OC)c(Cl)c1OC. The highest BCUT2D eigenvalue weighted by Gasteiger charge is 2.18. The number of hydrogen-bond donors (Lipinski definition) is 1. The highest BCUT2D eigenvalue weighted by molar-refractivity contribution is 6.33. The molecule has 4 heteroatoms. The Morgan fingerprint density at radius 1 is 1.05 bits per heavy atom. The summed E-state index contributed by atoms with van der Waals surface area (Å²) < 4.78 is 10.5. The molecule has 1 N–H and O–H groups in total. The summed E-state index contributed by atoms with van der Waals surface area (Å²) in [4.78, 5) is 0. The number of unbranched alkanes of at least 4 members (excludes halogenated alkanes) is 5. The van der Waals surface area contributed by atoms with Gasteiger partial charge in [-0.25, -0.2) is 0 Å². The molecule has 1 rings (SSSR count). The minimum Gasteiger partial charge on any atom is -0.495 e. The van der Waals surface area contributed by atoms with Crippen molar-refractivity contribution < 1.29 is 14.6 Å². The predicted octanol–water partition coefficient (Wildman–Crippen LogP) is 5.14. The van der Waals surface area contributed by atoms with Crippen molar-refractivity contribution in [3.63, 3.8) is 0 Å². The van der Waals surface area contributed by atoms with Crippen molar-refractivity contribution >= 4 is 11.6 Å². The van der Waals surface area contributed by atoms with Gasteiger partial charge in [-0.1, -0.05) is 57.0 Å². The summed E-state index contributed by atoms with van der Waals surface area (Å²) in [6.07, 6.45) is 7.42. The average molecular weight is 315 g/mol. The lowest BCUT2D eigenvalue weighted by atomic mass is 10.0. The zero-order valence-electron chi connectivity index (χ0n) is 13.3. The Labute approximate surface area is 133 Å². The lowest BCUT2D eigenvalue weighted by Gasteiger charge is -2.17. The number of halogens is 1. The number of hydrogen-bond acceptors (Lipinski definition) is 3. The molecule has 0 heterocycles. The fourth-order valence-corrected chi connectivity index (χ4v) is 2.78. The zero-order chi connectivity index (χ0) is 15.7. The molecule has 0 saturated heterocycles.